The van der Waals surface area contributed by atoms with Crippen LogP contribution in [0, 0.1) is 0 Å². The molecule has 0 fully saturated rings. The Kier molecular flexibility index (Phi) is 3.29. The van der Waals surface area contributed by atoms with Crippen LogP contribution in [0.2, 0.25) is 0 Å². The van der Waals surface area contributed by atoms with Crippen LogP contribution in [-0.4, -0.2) is 17.8 Å². The lowest BCUT2D eigenvalue weighted by molar-refractivity contribution is 0.111. The van der Waals surface area contributed by atoms with Crippen LogP contribution in [0.1, 0.15) is 22.5 Å². The molecule has 0 aliphatic carbocycles. The summed E-state index contributed by atoms with van der Waals surface area (Å²) in [5.41, 5.74) is 6.91. The molecule has 0 spiro atoms. The van der Waals surface area contributed by atoms with Crippen LogP contribution in [-0.2, 0) is 0 Å². The molecule has 0 amide bonds. The minimum atomic E-state index is 0.599. The zero-order valence-electron chi connectivity index (χ0n) is 6.79. The molecule has 3 nitrogen and oxygen atoms in total. The molecule has 0 saturated heterocycles. The summed E-state index contributed by atoms with van der Waals surface area (Å²) in [5, 5.41) is 0. The molecular weight excluding hydrogens is 152 g/mol. The van der Waals surface area contributed by atoms with Gasteiger partial charge in [-0.1, -0.05) is 12.2 Å². The summed E-state index contributed by atoms with van der Waals surface area (Å²) in [6.45, 7) is 0.654. The fourth-order valence-corrected chi connectivity index (χ4v) is 0.909. The number of aromatic nitrogens is 1. The number of nitrogens with two attached hydrogens (primary N) is 1. The summed E-state index contributed by atoms with van der Waals surface area (Å²) in [4.78, 5) is 13.1. The van der Waals surface area contributed by atoms with Crippen LogP contribution >= 0.6 is 0 Å². The maximum Gasteiger partial charge on any atom is 0.166 e. The molecule has 12 heavy (non-hydrogen) atoms. The fourth-order valence-electron chi connectivity index (χ4n) is 0.909. The average molecular weight is 164 g/mol. The number of H-pyrrole nitrogens is 1. The highest BCUT2D eigenvalue weighted by Gasteiger charge is 1.91. The van der Waals surface area contributed by atoms with Crippen LogP contribution in [0.5, 0.6) is 0 Å². The molecule has 1 heterocycles. The van der Waals surface area contributed by atoms with E-state index in [4.69, 9.17) is 5.73 Å². The van der Waals surface area contributed by atoms with Gasteiger partial charge in [0.05, 0.1) is 5.69 Å². The standard InChI is InChI=1S/C9H12N2O/c10-4-2-1-3-8-5-9(7-12)11-6-8/h1,3,5-7,11H,2,4,10H2. The highest BCUT2D eigenvalue weighted by atomic mass is 16.1. The first-order chi connectivity index (χ1) is 5.86. The second-order valence-electron chi connectivity index (χ2n) is 2.49. The molecule has 0 aliphatic heterocycles. The number of aldehydes is 1. The minimum Gasteiger partial charge on any atom is -0.358 e. The summed E-state index contributed by atoms with van der Waals surface area (Å²) < 4.78 is 0. The lowest BCUT2D eigenvalue weighted by Crippen LogP contribution is -1.94. The van der Waals surface area contributed by atoms with E-state index in [1.165, 1.54) is 0 Å². The third-order valence-electron chi connectivity index (χ3n) is 1.50. The summed E-state index contributed by atoms with van der Waals surface area (Å²) in [6, 6.07) is 1.79. The number of hydrogen-bond acceptors (Lipinski definition) is 2. The summed E-state index contributed by atoms with van der Waals surface area (Å²) in [5.74, 6) is 0. The largest absolute Gasteiger partial charge is 0.358 e. The molecular formula is C9H12N2O. The quantitative estimate of drug-likeness (QED) is 0.657. The Labute approximate surface area is 71.3 Å². The van der Waals surface area contributed by atoms with Gasteiger partial charge in [0.1, 0.15) is 0 Å². The van der Waals surface area contributed by atoms with E-state index in [0.29, 0.717) is 12.2 Å². The first-order valence-corrected chi connectivity index (χ1v) is 3.87. The molecule has 3 heteroatoms. The van der Waals surface area contributed by atoms with Crippen LogP contribution in [0.4, 0.5) is 0 Å². The summed E-state index contributed by atoms with van der Waals surface area (Å²) >= 11 is 0. The smallest absolute Gasteiger partial charge is 0.166 e. The molecule has 0 bridgehead atoms. The Morgan fingerprint density at radius 3 is 3.00 bits per heavy atom. The van der Waals surface area contributed by atoms with Crippen molar-refractivity contribution in [3.8, 4) is 0 Å². The van der Waals surface area contributed by atoms with E-state index in [1.54, 1.807) is 12.3 Å². The molecule has 0 radical (unpaired) electrons. The Bertz CT molecular complexity index is 276. The third-order valence-corrected chi connectivity index (χ3v) is 1.50. The highest BCUT2D eigenvalue weighted by Crippen LogP contribution is 2.03. The van der Waals surface area contributed by atoms with Gasteiger partial charge in [0.15, 0.2) is 6.29 Å². The topological polar surface area (TPSA) is 58.9 Å². The van der Waals surface area contributed by atoms with Gasteiger partial charge in [-0.05, 0) is 24.6 Å². The number of aromatic amines is 1. The van der Waals surface area contributed by atoms with Gasteiger partial charge in [0.2, 0.25) is 0 Å². The molecule has 1 rings (SSSR count). The van der Waals surface area contributed by atoms with Crippen LogP contribution in [0.3, 0.4) is 0 Å². The molecule has 1 aromatic rings. The fraction of sp³-hybridized carbons (Fsp3) is 0.222. The maximum absolute atomic E-state index is 10.3. The molecule has 64 valence electrons. The van der Waals surface area contributed by atoms with Gasteiger partial charge < -0.3 is 10.7 Å². The summed E-state index contributed by atoms with van der Waals surface area (Å²) in [6.07, 6.45) is 7.37. The lowest BCUT2D eigenvalue weighted by atomic mass is 10.2. The van der Waals surface area contributed by atoms with E-state index >= 15 is 0 Å². The van der Waals surface area contributed by atoms with Crippen molar-refractivity contribution in [3.63, 3.8) is 0 Å². The van der Waals surface area contributed by atoms with E-state index < -0.39 is 0 Å². The predicted molar refractivity (Wildman–Crippen MR) is 48.9 cm³/mol. The Balaban J connectivity index is 2.57. The number of nitrogens with one attached hydrogen (secondary N) is 1. The predicted octanol–water partition coefficient (Wildman–Crippen LogP) is 1.19. The molecule has 0 unspecified atom stereocenters. The van der Waals surface area contributed by atoms with Gasteiger partial charge in [-0.25, -0.2) is 0 Å². The Hall–Kier alpha value is -1.35. The molecule has 0 aromatic carbocycles. The summed E-state index contributed by atoms with van der Waals surface area (Å²) in [7, 11) is 0. The average Bonchev–Trinajstić information content (AvgIpc) is 2.53. The molecule has 0 saturated carbocycles. The minimum absolute atomic E-state index is 0.599. The monoisotopic (exact) mass is 164 g/mol. The van der Waals surface area contributed by atoms with Gasteiger partial charge in [-0.2, -0.15) is 0 Å². The van der Waals surface area contributed by atoms with E-state index in [1.807, 2.05) is 12.2 Å². The van der Waals surface area contributed by atoms with Gasteiger partial charge in [-0.15, -0.1) is 0 Å². The van der Waals surface area contributed by atoms with E-state index in [9.17, 15) is 4.79 Å². The molecule has 3 N–H and O–H groups in total. The third kappa shape index (κ3) is 2.36. The number of carbonyl (C=O) groups excluding carboxylic acids is 1. The number of rotatable bonds is 4. The first-order valence-electron chi connectivity index (χ1n) is 3.87. The van der Waals surface area contributed by atoms with Crippen LogP contribution < -0.4 is 5.73 Å². The van der Waals surface area contributed by atoms with Crippen molar-refractivity contribution in [2.75, 3.05) is 6.54 Å². The van der Waals surface area contributed by atoms with Crippen LogP contribution in [0.15, 0.2) is 18.3 Å². The van der Waals surface area contributed by atoms with E-state index in [-0.39, 0.29) is 0 Å². The van der Waals surface area contributed by atoms with Crippen molar-refractivity contribution in [2.24, 2.45) is 5.73 Å². The van der Waals surface area contributed by atoms with Crippen molar-refractivity contribution in [2.45, 2.75) is 6.42 Å². The van der Waals surface area contributed by atoms with Gasteiger partial charge in [-0.3, -0.25) is 4.79 Å². The van der Waals surface area contributed by atoms with Crippen molar-refractivity contribution in [1.29, 1.82) is 0 Å². The second-order valence-corrected chi connectivity index (χ2v) is 2.49. The van der Waals surface area contributed by atoms with Crippen molar-refractivity contribution >= 4 is 12.4 Å². The van der Waals surface area contributed by atoms with Crippen molar-refractivity contribution in [1.82, 2.24) is 4.98 Å². The number of hydrogen-bond donors (Lipinski definition) is 2. The Morgan fingerprint density at radius 2 is 2.42 bits per heavy atom. The molecule has 1 aromatic heterocycles. The zero-order chi connectivity index (χ0) is 8.81. The Morgan fingerprint density at radius 1 is 1.58 bits per heavy atom. The van der Waals surface area contributed by atoms with Gasteiger partial charge in [0.25, 0.3) is 0 Å². The highest BCUT2D eigenvalue weighted by molar-refractivity contribution is 5.73. The molecule has 0 atom stereocenters. The second kappa shape index (κ2) is 4.51. The first kappa shape index (κ1) is 8.74. The van der Waals surface area contributed by atoms with Gasteiger partial charge >= 0.3 is 0 Å². The zero-order valence-corrected chi connectivity index (χ0v) is 6.79. The van der Waals surface area contributed by atoms with E-state index in [2.05, 4.69) is 4.98 Å². The van der Waals surface area contributed by atoms with E-state index in [0.717, 1.165) is 18.3 Å². The lowest BCUT2D eigenvalue weighted by Gasteiger charge is -1.83. The van der Waals surface area contributed by atoms with Gasteiger partial charge in [0, 0.05) is 6.20 Å². The molecule has 0 aliphatic rings. The van der Waals surface area contributed by atoms with Crippen molar-refractivity contribution in [3.05, 3.63) is 29.6 Å². The van der Waals surface area contributed by atoms with Crippen molar-refractivity contribution < 1.29 is 4.79 Å². The SMILES string of the molecule is NCCC=Cc1c[nH]c(C=O)c1. The van der Waals surface area contributed by atoms with Crippen LogP contribution in [0.25, 0.3) is 6.08 Å². The maximum atomic E-state index is 10.3. The normalized spacial score (nSPS) is 10.8. The number of carbonyl (C=O) groups is 1.